The van der Waals surface area contributed by atoms with Gasteiger partial charge in [-0.2, -0.15) is 0 Å². The van der Waals surface area contributed by atoms with E-state index in [-0.39, 0.29) is 12.1 Å². The third kappa shape index (κ3) is 4.43. The maximum atomic E-state index is 11.5. The number of nitrogens with one attached hydrogen (secondary N) is 1. The number of ether oxygens (including phenoxy) is 1. The highest BCUT2D eigenvalue weighted by atomic mass is 16.5. The summed E-state index contributed by atoms with van der Waals surface area (Å²) in [5, 5.41) is 3.90. The second-order valence-corrected chi connectivity index (χ2v) is 12.4. The number of fused-ring (bicyclic) bond motifs is 5. The van der Waals surface area contributed by atoms with Crippen molar-refractivity contribution in [3.8, 4) is 0 Å². The monoisotopic (exact) mass is 444 g/mol. The Hall–Kier alpha value is -0.870. The van der Waals surface area contributed by atoms with Crippen LogP contribution < -0.4 is 5.32 Å². The fourth-order valence-corrected chi connectivity index (χ4v) is 8.69. The second-order valence-electron chi connectivity index (χ2n) is 12.4. The number of nitrogens with zero attached hydrogens (tertiary/aromatic N) is 1. The van der Waals surface area contributed by atoms with E-state index in [1.165, 1.54) is 51.5 Å². The van der Waals surface area contributed by atoms with Gasteiger partial charge in [-0.15, -0.1) is 0 Å². The van der Waals surface area contributed by atoms with Crippen LogP contribution in [0.15, 0.2) is 11.6 Å². The topological polar surface area (TPSA) is 41.6 Å². The summed E-state index contributed by atoms with van der Waals surface area (Å²) < 4.78 is 5.61. The quantitative estimate of drug-likeness (QED) is 0.323. The molecule has 32 heavy (non-hydrogen) atoms. The minimum Gasteiger partial charge on any atom is -0.462 e. The molecular formula is C28H48N2O2. The Balaban J connectivity index is 1.43. The largest absolute Gasteiger partial charge is 0.462 e. The SMILES string of the molecule is CC(=O)O[C@H]1CC[C@@]2(C)C(=CCC3C2CC[C@@]2(C)C3CC[C@@H]2C(C)NCCCN(C)C)C1. The van der Waals surface area contributed by atoms with Crippen LogP contribution in [0.4, 0.5) is 0 Å². The van der Waals surface area contributed by atoms with Crippen molar-refractivity contribution in [2.45, 2.75) is 97.6 Å². The molecule has 4 aliphatic rings. The van der Waals surface area contributed by atoms with E-state index in [0.717, 1.165) is 43.1 Å². The first-order chi connectivity index (χ1) is 15.1. The molecule has 8 atom stereocenters. The molecule has 0 heterocycles. The number of allylic oxidation sites excluding steroid dienone is 1. The lowest BCUT2D eigenvalue weighted by molar-refractivity contribution is -0.148. The maximum absolute atomic E-state index is 11.5. The van der Waals surface area contributed by atoms with Crippen molar-refractivity contribution < 1.29 is 9.53 Å². The zero-order valence-electron chi connectivity index (χ0n) is 21.6. The Labute approximate surface area is 196 Å². The molecule has 4 rings (SSSR count). The minimum atomic E-state index is -0.122. The summed E-state index contributed by atoms with van der Waals surface area (Å²) in [6.07, 6.45) is 14.0. The summed E-state index contributed by atoms with van der Waals surface area (Å²) in [5.74, 6) is 3.23. The van der Waals surface area contributed by atoms with Crippen LogP contribution in [0.5, 0.6) is 0 Å². The normalized spacial score (nSPS) is 42.0. The number of carbonyl (C=O) groups is 1. The Morgan fingerprint density at radius 1 is 1.19 bits per heavy atom. The van der Waals surface area contributed by atoms with Crippen molar-refractivity contribution >= 4 is 5.97 Å². The average molecular weight is 445 g/mol. The van der Waals surface area contributed by atoms with Crippen molar-refractivity contribution in [1.29, 1.82) is 0 Å². The highest BCUT2D eigenvalue weighted by Crippen LogP contribution is 2.66. The zero-order chi connectivity index (χ0) is 23.1. The number of carbonyl (C=O) groups excluding carboxylic acids is 1. The Kier molecular flexibility index (Phi) is 7.13. The van der Waals surface area contributed by atoms with Gasteiger partial charge in [0.05, 0.1) is 0 Å². The minimum absolute atomic E-state index is 0.104. The van der Waals surface area contributed by atoms with E-state index >= 15 is 0 Å². The predicted molar refractivity (Wildman–Crippen MR) is 131 cm³/mol. The van der Waals surface area contributed by atoms with Crippen LogP contribution in [0, 0.1) is 34.5 Å². The van der Waals surface area contributed by atoms with E-state index in [1.807, 2.05) is 0 Å². The van der Waals surface area contributed by atoms with Crippen LogP contribution in [0.1, 0.15) is 85.5 Å². The molecular weight excluding hydrogens is 396 g/mol. The first kappa shape index (κ1) is 24.3. The van der Waals surface area contributed by atoms with Crippen LogP contribution in [0.2, 0.25) is 0 Å². The predicted octanol–water partition coefficient (Wildman–Crippen LogP) is 5.43. The number of hydrogen-bond donors (Lipinski definition) is 1. The van der Waals surface area contributed by atoms with E-state index < -0.39 is 0 Å². The summed E-state index contributed by atoms with van der Waals surface area (Å²) in [4.78, 5) is 13.8. The molecule has 0 aromatic heterocycles. The Morgan fingerprint density at radius 3 is 2.69 bits per heavy atom. The average Bonchev–Trinajstić information content (AvgIpc) is 3.08. The van der Waals surface area contributed by atoms with Gasteiger partial charge in [-0.1, -0.05) is 25.5 Å². The summed E-state index contributed by atoms with van der Waals surface area (Å²) >= 11 is 0. The van der Waals surface area contributed by atoms with Gasteiger partial charge in [-0.05, 0) is 120 Å². The summed E-state index contributed by atoms with van der Waals surface area (Å²) in [7, 11) is 4.33. The lowest BCUT2D eigenvalue weighted by Gasteiger charge is -2.58. The molecule has 0 aromatic rings. The van der Waals surface area contributed by atoms with Crippen molar-refractivity contribution in [2.75, 3.05) is 27.2 Å². The molecule has 4 nitrogen and oxygen atoms in total. The zero-order valence-corrected chi connectivity index (χ0v) is 21.6. The first-order valence-electron chi connectivity index (χ1n) is 13.4. The van der Waals surface area contributed by atoms with Gasteiger partial charge in [-0.3, -0.25) is 4.79 Å². The van der Waals surface area contributed by atoms with Crippen molar-refractivity contribution in [3.63, 3.8) is 0 Å². The fraction of sp³-hybridized carbons (Fsp3) is 0.893. The number of hydrogen-bond acceptors (Lipinski definition) is 4. The van der Waals surface area contributed by atoms with Gasteiger partial charge in [0, 0.05) is 19.4 Å². The molecule has 0 bridgehead atoms. The van der Waals surface area contributed by atoms with Crippen LogP contribution in [0.25, 0.3) is 0 Å². The molecule has 1 N–H and O–H groups in total. The van der Waals surface area contributed by atoms with Crippen molar-refractivity contribution in [1.82, 2.24) is 10.2 Å². The first-order valence-corrected chi connectivity index (χ1v) is 13.4. The lowest BCUT2D eigenvalue weighted by atomic mass is 9.47. The Morgan fingerprint density at radius 2 is 1.97 bits per heavy atom. The van der Waals surface area contributed by atoms with E-state index in [0.29, 0.717) is 16.9 Å². The molecule has 0 aliphatic heterocycles. The van der Waals surface area contributed by atoms with Gasteiger partial charge >= 0.3 is 5.97 Å². The van der Waals surface area contributed by atoms with Crippen LogP contribution in [-0.2, 0) is 9.53 Å². The lowest BCUT2D eigenvalue weighted by Crippen LogP contribution is -2.52. The molecule has 3 saturated carbocycles. The Bertz CT molecular complexity index is 718. The number of rotatable bonds is 7. The molecule has 4 unspecified atom stereocenters. The molecule has 0 saturated heterocycles. The molecule has 182 valence electrons. The van der Waals surface area contributed by atoms with Gasteiger partial charge < -0.3 is 15.0 Å². The van der Waals surface area contributed by atoms with Gasteiger partial charge in [0.2, 0.25) is 0 Å². The highest BCUT2D eigenvalue weighted by molar-refractivity contribution is 5.66. The van der Waals surface area contributed by atoms with E-state index in [1.54, 1.807) is 12.5 Å². The molecule has 0 radical (unpaired) electrons. The van der Waals surface area contributed by atoms with Gasteiger partial charge in [0.25, 0.3) is 0 Å². The van der Waals surface area contributed by atoms with E-state index in [4.69, 9.17) is 4.74 Å². The van der Waals surface area contributed by atoms with Crippen LogP contribution in [-0.4, -0.2) is 50.2 Å². The fourth-order valence-electron chi connectivity index (χ4n) is 8.69. The van der Waals surface area contributed by atoms with Crippen LogP contribution >= 0.6 is 0 Å². The van der Waals surface area contributed by atoms with Gasteiger partial charge in [0.15, 0.2) is 0 Å². The van der Waals surface area contributed by atoms with Crippen molar-refractivity contribution in [3.05, 3.63) is 11.6 Å². The number of esters is 1. The van der Waals surface area contributed by atoms with Crippen molar-refractivity contribution in [2.24, 2.45) is 34.5 Å². The molecule has 0 spiro atoms. The summed E-state index contributed by atoms with van der Waals surface area (Å²) in [6.45, 7) is 11.5. The second kappa shape index (κ2) is 9.41. The highest BCUT2D eigenvalue weighted by Gasteiger charge is 2.59. The van der Waals surface area contributed by atoms with Gasteiger partial charge in [-0.25, -0.2) is 0 Å². The molecule has 4 aliphatic carbocycles. The standard InChI is InChI=1S/C28H48N2O2/c1-19(29-16-7-17-30(5)6)24-10-11-25-23-9-8-21-18-22(32-20(2)31)12-14-27(21,3)26(23)13-15-28(24,25)4/h8,19,22-26,29H,7,9-18H2,1-6H3/t19?,22-,23?,24+,25?,26?,27-,28+/m0/s1. The maximum Gasteiger partial charge on any atom is 0.302 e. The third-order valence-corrected chi connectivity index (χ3v) is 10.3. The van der Waals surface area contributed by atoms with Gasteiger partial charge in [0.1, 0.15) is 6.10 Å². The van der Waals surface area contributed by atoms with Crippen LogP contribution in [0.3, 0.4) is 0 Å². The van der Waals surface area contributed by atoms with E-state index in [2.05, 4.69) is 51.2 Å². The third-order valence-electron chi connectivity index (χ3n) is 10.3. The summed E-state index contributed by atoms with van der Waals surface area (Å²) in [6, 6.07) is 0.619. The molecule has 0 aromatic carbocycles. The smallest absolute Gasteiger partial charge is 0.302 e. The molecule has 0 amide bonds. The summed E-state index contributed by atoms with van der Waals surface area (Å²) in [5.41, 5.74) is 2.42. The molecule has 3 fully saturated rings. The molecule has 4 heteroatoms. The van der Waals surface area contributed by atoms with E-state index in [9.17, 15) is 4.79 Å².